The Bertz CT molecular complexity index is 228. The first kappa shape index (κ1) is 13.4. The van der Waals surface area contributed by atoms with Crippen LogP contribution in [-0.4, -0.2) is 12.1 Å². The van der Waals surface area contributed by atoms with Crippen LogP contribution in [0.15, 0.2) is 0 Å². The van der Waals surface area contributed by atoms with E-state index in [0.717, 1.165) is 18.0 Å². The Kier molecular flexibility index (Phi) is 4.52. The van der Waals surface area contributed by atoms with Crippen molar-refractivity contribution in [3.05, 3.63) is 0 Å². The van der Waals surface area contributed by atoms with Crippen molar-refractivity contribution < 1.29 is 0 Å². The minimum Gasteiger partial charge on any atom is -0.310 e. The van der Waals surface area contributed by atoms with Gasteiger partial charge in [0.05, 0.1) is 0 Å². The normalized spacial score (nSPS) is 31.6. The molecular weight excluding hydrogens is 206 g/mol. The minimum absolute atomic E-state index is 0.530. The zero-order chi connectivity index (χ0) is 12.3. The predicted molar refractivity (Wildman–Crippen MR) is 75.2 cm³/mol. The van der Waals surface area contributed by atoms with Crippen LogP contribution in [0.4, 0.5) is 0 Å². The van der Waals surface area contributed by atoms with Gasteiger partial charge in [-0.1, -0.05) is 46.5 Å². The molecule has 2 rings (SSSR count). The van der Waals surface area contributed by atoms with Gasteiger partial charge in [0, 0.05) is 12.1 Å². The van der Waals surface area contributed by atoms with Gasteiger partial charge in [0.15, 0.2) is 0 Å². The maximum atomic E-state index is 4.03. The number of nitrogens with one attached hydrogen (secondary N) is 1. The van der Waals surface area contributed by atoms with Crippen LogP contribution in [0.2, 0.25) is 0 Å². The molecule has 17 heavy (non-hydrogen) atoms. The highest BCUT2D eigenvalue weighted by Gasteiger charge is 2.36. The molecule has 0 heterocycles. The van der Waals surface area contributed by atoms with Crippen molar-refractivity contribution in [1.82, 2.24) is 5.32 Å². The Morgan fingerprint density at radius 3 is 2.29 bits per heavy atom. The van der Waals surface area contributed by atoms with Gasteiger partial charge in [0.25, 0.3) is 0 Å². The third kappa shape index (κ3) is 3.24. The fourth-order valence-electron chi connectivity index (χ4n) is 4.02. The smallest absolute Gasteiger partial charge is 0.0121 e. The second kappa shape index (κ2) is 5.73. The predicted octanol–water partition coefficient (Wildman–Crippen LogP) is 4.51. The van der Waals surface area contributed by atoms with E-state index in [9.17, 15) is 0 Å². The summed E-state index contributed by atoms with van der Waals surface area (Å²) in [7, 11) is 0. The van der Waals surface area contributed by atoms with E-state index in [1.165, 1.54) is 57.8 Å². The van der Waals surface area contributed by atoms with Crippen LogP contribution in [0.25, 0.3) is 0 Å². The van der Waals surface area contributed by atoms with Crippen molar-refractivity contribution in [3.8, 4) is 0 Å². The average Bonchev–Trinajstić information content (AvgIpc) is 2.66. The standard InChI is InChI=1S/C16H31N/c1-4-14(13-9-6-5-7-10-13)17-15-11-8-12-16(15,2)3/h13-15,17H,4-12H2,1-3H3. The molecule has 2 unspecified atom stereocenters. The van der Waals surface area contributed by atoms with Gasteiger partial charge < -0.3 is 5.32 Å². The lowest BCUT2D eigenvalue weighted by Crippen LogP contribution is -2.47. The van der Waals surface area contributed by atoms with Crippen molar-refractivity contribution in [1.29, 1.82) is 0 Å². The molecule has 0 spiro atoms. The van der Waals surface area contributed by atoms with Crippen LogP contribution < -0.4 is 5.32 Å². The summed E-state index contributed by atoms with van der Waals surface area (Å²) < 4.78 is 0. The van der Waals surface area contributed by atoms with Crippen molar-refractivity contribution in [2.75, 3.05) is 0 Å². The van der Waals surface area contributed by atoms with Gasteiger partial charge in [0.1, 0.15) is 0 Å². The molecule has 0 aromatic rings. The monoisotopic (exact) mass is 237 g/mol. The lowest BCUT2D eigenvalue weighted by atomic mass is 9.81. The zero-order valence-corrected chi connectivity index (χ0v) is 12.1. The Balaban J connectivity index is 1.90. The SMILES string of the molecule is CCC(NC1CCCC1(C)C)C1CCCCC1. The first-order valence-electron chi connectivity index (χ1n) is 7.89. The lowest BCUT2D eigenvalue weighted by Gasteiger charge is -2.37. The van der Waals surface area contributed by atoms with Crippen LogP contribution in [-0.2, 0) is 0 Å². The summed E-state index contributed by atoms with van der Waals surface area (Å²) in [6.07, 6.45) is 12.9. The Morgan fingerprint density at radius 1 is 1.06 bits per heavy atom. The summed E-state index contributed by atoms with van der Waals surface area (Å²) >= 11 is 0. The van der Waals surface area contributed by atoms with E-state index in [1.54, 1.807) is 0 Å². The summed E-state index contributed by atoms with van der Waals surface area (Å²) in [5.41, 5.74) is 0.530. The Hall–Kier alpha value is -0.0400. The molecule has 0 bridgehead atoms. The Labute approximate surface area is 108 Å². The summed E-state index contributed by atoms with van der Waals surface area (Å²) in [5, 5.41) is 4.03. The fourth-order valence-corrected chi connectivity index (χ4v) is 4.02. The minimum atomic E-state index is 0.530. The van der Waals surface area contributed by atoms with E-state index in [-0.39, 0.29) is 0 Å². The maximum absolute atomic E-state index is 4.03. The average molecular weight is 237 g/mol. The third-order valence-corrected chi connectivity index (χ3v) is 5.33. The summed E-state index contributed by atoms with van der Waals surface area (Å²) in [4.78, 5) is 0. The van der Waals surface area contributed by atoms with Crippen LogP contribution in [0, 0.1) is 11.3 Å². The number of hydrogen-bond donors (Lipinski definition) is 1. The van der Waals surface area contributed by atoms with Gasteiger partial charge in [-0.25, -0.2) is 0 Å². The van der Waals surface area contributed by atoms with Crippen molar-refractivity contribution in [2.24, 2.45) is 11.3 Å². The molecule has 2 fully saturated rings. The summed E-state index contributed by atoms with van der Waals surface area (Å²) in [6.45, 7) is 7.27. The molecule has 1 heteroatoms. The maximum Gasteiger partial charge on any atom is 0.0121 e. The highest BCUT2D eigenvalue weighted by Crippen LogP contribution is 2.38. The van der Waals surface area contributed by atoms with E-state index in [2.05, 4.69) is 26.1 Å². The topological polar surface area (TPSA) is 12.0 Å². The highest BCUT2D eigenvalue weighted by molar-refractivity contribution is 4.93. The fraction of sp³-hybridized carbons (Fsp3) is 1.00. The molecule has 0 saturated heterocycles. The zero-order valence-electron chi connectivity index (χ0n) is 12.1. The van der Waals surface area contributed by atoms with Gasteiger partial charge in [-0.3, -0.25) is 0 Å². The van der Waals surface area contributed by atoms with Gasteiger partial charge in [0.2, 0.25) is 0 Å². The second-order valence-corrected chi connectivity index (χ2v) is 7.01. The molecule has 0 amide bonds. The molecule has 0 aromatic heterocycles. The molecule has 0 aromatic carbocycles. The van der Waals surface area contributed by atoms with Crippen LogP contribution in [0.5, 0.6) is 0 Å². The van der Waals surface area contributed by atoms with E-state index >= 15 is 0 Å². The van der Waals surface area contributed by atoms with Crippen molar-refractivity contribution in [3.63, 3.8) is 0 Å². The quantitative estimate of drug-likeness (QED) is 0.758. The highest BCUT2D eigenvalue weighted by atomic mass is 15.0. The molecule has 2 aliphatic rings. The molecule has 1 nitrogen and oxygen atoms in total. The van der Waals surface area contributed by atoms with Gasteiger partial charge in [-0.15, -0.1) is 0 Å². The largest absolute Gasteiger partial charge is 0.310 e. The molecular formula is C16H31N. The van der Waals surface area contributed by atoms with E-state index < -0.39 is 0 Å². The third-order valence-electron chi connectivity index (χ3n) is 5.33. The first-order chi connectivity index (χ1) is 8.13. The summed E-state index contributed by atoms with van der Waals surface area (Å²) in [6, 6.07) is 1.56. The van der Waals surface area contributed by atoms with E-state index in [4.69, 9.17) is 0 Å². The molecule has 2 saturated carbocycles. The molecule has 2 atom stereocenters. The van der Waals surface area contributed by atoms with Crippen molar-refractivity contribution >= 4 is 0 Å². The van der Waals surface area contributed by atoms with Crippen LogP contribution in [0.1, 0.15) is 78.6 Å². The molecule has 100 valence electrons. The van der Waals surface area contributed by atoms with E-state index in [1.807, 2.05) is 0 Å². The first-order valence-corrected chi connectivity index (χ1v) is 7.89. The summed E-state index contributed by atoms with van der Waals surface area (Å²) in [5.74, 6) is 0.963. The molecule has 0 aliphatic heterocycles. The van der Waals surface area contributed by atoms with Gasteiger partial charge in [-0.05, 0) is 43.4 Å². The van der Waals surface area contributed by atoms with Crippen LogP contribution >= 0.6 is 0 Å². The van der Waals surface area contributed by atoms with E-state index in [0.29, 0.717) is 5.41 Å². The van der Waals surface area contributed by atoms with Crippen molar-refractivity contribution in [2.45, 2.75) is 90.6 Å². The molecule has 1 N–H and O–H groups in total. The molecule has 0 radical (unpaired) electrons. The lowest BCUT2D eigenvalue weighted by molar-refractivity contribution is 0.198. The van der Waals surface area contributed by atoms with Crippen LogP contribution in [0.3, 0.4) is 0 Å². The Morgan fingerprint density at radius 2 is 1.76 bits per heavy atom. The number of hydrogen-bond acceptors (Lipinski definition) is 1. The number of rotatable bonds is 4. The van der Waals surface area contributed by atoms with Gasteiger partial charge in [-0.2, -0.15) is 0 Å². The molecule has 2 aliphatic carbocycles. The second-order valence-electron chi connectivity index (χ2n) is 7.01. The van der Waals surface area contributed by atoms with Gasteiger partial charge >= 0.3 is 0 Å².